The van der Waals surface area contributed by atoms with Crippen molar-refractivity contribution < 1.29 is 23.8 Å². The lowest BCUT2D eigenvalue weighted by Gasteiger charge is -2.17. The van der Waals surface area contributed by atoms with Gasteiger partial charge in [0, 0.05) is 31.2 Å². The van der Waals surface area contributed by atoms with Crippen LogP contribution in [0.5, 0.6) is 0 Å². The van der Waals surface area contributed by atoms with Gasteiger partial charge in [-0.3, -0.25) is 15.0 Å². The number of ether oxygens (including phenoxy) is 1. The van der Waals surface area contributed by atoms with Crippen molar-refractivity contribution in [2.45, 2.75) is 19.1 Å². The van der Waals surface area contributed by atoms with Gasteiger partial charge in [-0.1, -0.05) is 66.7 Å². The Hall–Kier alpha value is -3.71. The summed E-state index contributed by atoms with van der Waals surface area (Å²) >= 11 is 0. The topological polar surface area (TPSA) is 78.9 Å². The number of carbonyl (C=O) groups is 2. The molecule has 1 amide bonds. The van der Waals surface area contributed by atoms with Gasteiger partial charge in [-0.25, -0.2) is 9.18 Å². The van der Waals surface area contributed by atoms with Crippen LogP contribution in [0.4, 0.5) is 14.9 Å². The second-order valence-corrected chi connectivity index (χ2v) is 8.15. The zero-order valence-corrected chi connectivity index (χ0v) is 18.0. The Balaban J connectivity index is 1.41. The molecule has 0 unspecified atom stereocenters. The van der Waals surface area contributed by atoms with Gasteiger partial charge in [0.2, 0.25) is 0 Å². The second kappa shape index (κ2) is 10.3. The first-order valence-electron chi connectivity index (χ1n) is 10.8. The van der Waals surface area contributed by atoms with Crippen molar-refractivity contribution in [2.24, 2.45) is 5.92 Å². The summed E-state index contributed by atoms with van der Waals surface area (Å²) in [4.78, 5) is 26.0. The maximum atomic E-state index is 15.0. The summed E-state index contributed by atoms with van der Waals surface area (Å²) in [5, 5.41) is 12.2. The summed E-state index contributed by atoms with van der Waals surface area (Å²) in [6.07, 6.45) is -0.690. The van der Waals surface area contributed by atoms with Crippen LogP contribution >= 0.6 is 0 Å². The summed E-state index contributed by atoms with van der Waals surface area (Å²) in [5.41, 5.74) is 2.51. The SMILES string of the molecule is O=C(Nc1ccc([C@@H]2CN(Cc3ccccc3)C[C@H]2C(=O)O)c(F)c1)OCc1ccccc1. The van der Waals surface area contributed by atoms with Crippen LogP contribution < -0.4 is 5.32 Å². The molecule has 3 aromatic carbocycles. The van der Waals surface area contributed by atoms with Crippen molar-refractivity contribution in [1.29, 1.82) is 0 Å². The first-order chi connectivity index (χ1) is 16.0. The lowest BCUT2D eigenvalue weighted by Crippen LogP contribution is -2.23. The van der Waals surface area contributed by atoms with Crippen molar-refractivity contribution >= 4 is 17.7 Å². The minimum absolute atomic E-state index is 0.104. The monoisotopic (exact) mass is 448 g/mol. The predicted octanol–water partition coefficient (Wildman–Crippen LogP) is 4.87. The van der Waals surface area contributed by atoms with E-state index in [1.54, 1.807) is 12.1 Å². The van der Waals surface area contributed by atoms with Crippen LogP contribution in [0, 0.1) is 11.7 Å². The van der Waals surface area contributed by atoms with Crippen molar-refractivity contribution in [2.75, 3.05) is 18.4 Å². The van der Waals surface area contributed by atoms with Gasteiger partial charge in [-0.2, -0.15) is 0 Å². The van der Waals surface area contributed by atoms with Crippen LogP contribution in [0.1, 0.15) is 22.6 Å². The molecule has 7 heteroatoms. The molecule has 1 aliphatic heterocycles. The van der Waals surface area contributed by atoms with Crippen LogP contribution in [0.3, 0.4) is 0 Å². The van der Waals surface area contributed by atoms with Crippen LogP contribution in [0.25, 0.3) is 0 Å². The summed E-state index contributed by atoms with van der Waals surface area (Å²) in [5.74, 6) is -2.68. The second-order valence-electron chi connectivity index (χ2n) is 8.15. The summed E-state index contributed by atoms with van der Waals surface area (Å²) in [6.45, 7) is 1.50. The van der Waals surface area contributed by atoms with Gasteiger partial charge in [-0.15, -0.1) is 0 Å². The number of aliphatic carboxylic acids is 1. The Kier molecular flexibility index (Phi) is 7.00. The average molecular weight is 448 g/mol. The first-order valence-corrected chi connectivity index (χ1v) is 10.8. The number of amides is 1. The number of benzene rings is 3. The maximum absolute atomic E-state index is 15.0. The maximum Gasteiger partial charge on any atom is 0.411 e. The molecule has 3 aromatic rings. The molecule has 1 aliphatic rings. The summed E-state index contributed by atoms with van der Waals surface area (Å²) in [7, 11) is 0. The molecule has 0 radical (unpaired) electrons. The third-order valence-electron chi connectivity index (χ3n) is 5.82. The quantitative estimate of drug-likeness (QED) is 0.539. The molecule has 0 aliphatic carbocycles. The number of likely N-dealkylation sites (tertiary alicyclic amines) is 1. The van der Waals surface area contributed by atoms with Crippen molar-refractivity contribution in [3.8, 4) is 0 Å². The summed E-state index contributed by atoms with van der Waals surface area (Å²) < 4.78 is 20.2. The van der Waals surface area contributed by atoms with E-state index in [0.29, 0.717) is 25.2 Å². The lowest BCUT2D eigenvalue weighted by molar-refractivity contribution is -0.141. The molecule has 0 bridgehead atoms. The fourth-order valence-electron chi connectivity index (χ4n) is 4.20. The number of carboxylic acids is 1. The molecule has 0 saturated carbocycles. The molecule has 2 atom stereocenters. The molecule has 6 nitrogen and oxygen atoms in total. The third kappa shape index (κ3) is 5.75. The molecule has 1 heterocycles. The number of rotatable bonds is 7. The minimum Gasteiger partial charge on any atom is -0.481 e. The van der Waals surface area contributed by atoms with Crippen molar-refractivity contribution in [1.82, 2.24) is 4.90 Å². The van der Waals surface area contributed by atoms with Gasteiger partial charge in [-0.05, 0) is 28.8 Å². The van der Waals surface area contributed by atoms with Gasteiger partial charge in [0.05, 0.1) is 5.92 Å². The Morgan fingerprint density at radius 1 is 0.970 bits per heavy atom. The van der Waals surface area contributed by atoms with Gasteiger partial charge < -0.3 is 9.84 Å². The summed E-state index contributed by atoms with van der Waals surface area (Å²) in [6, 6.07) is 23.3. The fraction of sp³-hybridized carbons (Fsp3) is 0.231. The lowest BCUT2D eigenvalue weighted by atomic mass is 9.88. The van der Waals surface area contributed by atoms with Crippen molar-refractivity contribution in [3.63, 3.8) is 0 Å². The molecule has 33 heavy (non-hydrogen) atoms. The van der Waals surface area contributed by atoms with E-state index < -0.39 is 29.7 Å². The van der Waals surface area contributed by atoms with E-state index in [-0.39, 0.29) is 12.3 Å². The molecule has 2 N–H and O–H groups in total. The van der Waals surface area contributed by atoms with Crippen molar-refractivity contribution in [3.05, 3.63) is 101 Å². The molecule has 0 spiro atoms. The molecule has 1 saturated heterocycles. The number of halogens is 1. The largest absolute Gasteiger partial charge is 0.481 e. The Morgan fingerprint density at radius 2 is 1.64 bits per heavy atom. The van der Waals surface area contributed by atoms with Crippen LogP contribution in [0.2, 0.25) is 0 Å². The Morgan fingerprint density at radius 3 is 2.27 bits per heavy atom. The Bertz CT molecular complexity index is 1110. The zero-order chi connectivity index (χ0) is 23.2. The highest BCUT2D eigenvalue weighted by molar-refractivity contribution is 5.84. The van der Waals surface area contributed by atoms with Crippen LogP contribution in [0.15, 0.2) is 78.9 Å². The highest BCUT2D eigenvalue weighted by Gasteiger charge is 2.39. The van der Waals surface area contributed by atoms with E-state index in [1.807, 2.05) is 65.6 Å². The zero-order valence-electron chi connectivity index (χ0n) is 18.0. The smallest absolute Gasteiger partial charge is 0.411 e. The van der Waals surface area contributed by atoms with Crippen LogP contribution in [-0.4, -0.2) is 35.2 Å². The number of nitrogens with one attached hydrogen (secondary N) is 1. The molecular weight excluding hydrogens is 423 g/mol. The standard InChI is InChI=1S/C26H25FN2O4/c27-24-13-20(28-26(32)33-17-19-9-5-2-6-10-19)11-12-21(24)22-15-29(16-23(22)25(30)31)14-18-7-3-1-4-8-18/h1-13,22-23H,14-17H2,(H,28,32)(H,30,31)/t22-,23+/m0/s1. The number of hydrogen-bond donors (Lipinski definition) is 2. The van der Waals surface area contributed by atoms with Crippen LogP contribution in [-0.2, 0) is 22.7 Å². The number of carboxylic acid groups (broad SMARTS) is 1. The highest BCUT2D eigenvalue weighted by Crippen LogP contribution is 2.36. The van der Waals surface area contributed by atoms with E-state index in [0.717, 1.165) is 11.1 Å². The predicted molar refractivity (Wildman–Crippen MR) is 122 cm³/mol. The van der Waals surface area contributed by atoms with Gasteiger partial charge in [0.25, 0.3) is 0 Å². The van der Waals surface area contributed by atoms with Gasteiger partial charge in [0.1, 0.15) is 12.4 Å². The van der Waals surface area contributed by atoms with Gasteiger partial charge >= 0.3 is 12.1 Å². The molecule has 4 rings (SSSR count). The van der Waals surface area contributed by atoms with E-state index in [2.05, 4.69) is 5.32 Å². The number of carbonyl (C=O) groups excluding carboxylic acids is 1. The molecule has 0 aromatic heterocycles. The van der Waals surface area contributed by atoms with Gasteiger partial charge in [0.15, 0.2) is 0 Å². The fourth-order valence-corrected chi connectivity index (χ4v) is 4.20. The molecule has 170 valence electrons. The van der Waals surface area contributed by atoms with E-state index in [1.165, 1.54) is 6.07 Å². The number of anilines is 1. The molecular formula is C26H25FN2O4. The Labute approximate surface area is 191 Å². The first kappa shape index (κ1) is 22.5. The number of nitrogens with zero attached hydrogens (tertiary/aromatic N) is 1. The normalized spacial score (nSPS) is 18.1. The minimum atomic E-state index is -0.943. The average Bonchev–Trinajstić information content (AvgIpc) is 3.23. The van der Waals surface area contributed by atoms with E-state index >= 15 is 0 Å². The van der Waals surface area contributed by atoms with E-state index in [4.69, 9.17) is 4.74 Å². The third-order valence-corrected chi connectivity index (χ3v) is 5.82. The number of hydrogen-bond acceptors (Lipinski definition) is 4. The molecule has 1 fully saturated rings. The highest BCUT2D eigenvalue weighted by atomic mass is 19.1. The van der Waals surface area contributed by atoms with E-state index in [9.17, 15) is 19.1 Å².